The highest BCUT2D eigenvalue weighted by molar-refractivity contribution is 5.85. The second kappa shape index (κ2) is 6.40. The molecule has 0 saturated heterocycles. The molecule has 0 aliphatic heterocycles. The minimum absolute atomic E-state index is 0. The van der Waals surface area contributed by atoms with Crippen LogP contribution in [0.25, 0.3) is 0 Å². The van der Waals surface area contributed by atoms with Gasteiger partial charge >= 0.3 is 5.69 Å². The number of nitrogens with one attached hydrogen (secondary N) is 1. The molecule has 0 radical (unpaired) electrons. The van der Waals surface area contributed by atoms with Crippen LogP contribution in [0, 0.1) is 16.0 Å². The molecule has 1 fully saturated rings. The minimum Gasteiger partial charge on any atom is -0.350 e. The number of hydrogen-bond donors (Lipinski definition) is 2. The molecule has 118 valence electrons. The third-order valence-electron chi connectivity index (χ3n) is 3.67. The summed E-state index contributed by atoms with van der Waals surface area (Å²) in [6, 6.07) is -0.0349. The number of nitro groups is 1. The molecule has 1 aliphatic rings. The summed E-state index contributed by atoms with van der Waals surface area (Å²) < 4.78 is 1.31. The fraction of sp³-hybridized carbons (Fsp3) is 0.667. The van der Waals surface area contributed by atoms with E-state index in [1.54, 1.807) is 13.8 Å². The number of halogens is 1. The van der Waals surface area contributed by atoms with Crippen molar-refractivity contribution in [3.8, 4) is 0 Å². The Balaban J connectivity index is 0.00000220. The van der Waals surface area contributed by atoms with Gasteiger partial charge in [-0.3, -0.25) is 19.6 Å². The Kier molecular flexibility index (Phi) is 5.30. The largest absolute Gasteiger partial charge is 0.350 e. The number of nitrogens with zero attached hydrogens (tertiary/aromatic N) is 3. The highest BCUT2D eigenvalue weighted by Crippen LogP contribution is 2.32. The van der Waals surface area contributed by atoms with Gasteiger partial charge in [0.25, 0.3) is 0 Å². The van der Waals surface area contributed by atoms with Crippen LogP contribution in [0.5, 0.6) is 0 Å². The smallest absolute Gasteiger partial charge is 0.307 e. The van der Waals surface area contributed by atoms with Crippen LogP contribution in [0.4, 0.5) is 5.69 Å². The Hall–Kier alpha value is -1.67. The van der Waals surface area contributed by atoms with E-state index in [9.17, 15) is 14.9 Å². The summed E-state index contributed by atoms with van der Waals surface area (Å²) in [5.41, 5.74) is 4.52. The first kappa shape index (κ1) is 17.4. The molecule has 1 aromatic rings. The normalized spacial score (nSPS) is 16.0. The highest BCUT2D eigenvalue weighted by Gasteiger charge is 2.37. The van der Waals surface area contributed by atoms with Gasteiger partial charge < -0.3 is 11.1 Å². The quantitative estimate of drug-likeness (QED) is 0.594. The minimum atomic E-state index is -1.00. The van der Waals surface area contributed by atoms with Crippen molar-refractivity contribution in [1.82, 2.24) is 15.1 Å². The van der Waals surface area contributed by atoms with Crippen LogP contribution >= 0.6 is 12.4 Å². The van der Waals surface area contributed by atoms with Crippen LogP contribution in [-0.4, -0.2) is 33.2 Å². The van der Waals surface area contributed by atoms with Crippen molar-refractivity contribution in [3.63, 3.8) is 0 Å². The number of nitrogens with two attached hydrogens (primary N) is 1. The predicted molar refractivity (Wildman–Crippen MR) is 79.2 cm³/mol. The zero-order chi connectivity index (χ0) is 14.9. The highest BCUT2D eigenvalue weighted by atomic mass is 35.5. The van der Waals surface area contributed by atoms with E-state index in [2.05, 4.69) is 10.4 Å². The fourth-order valence-corrected chi connectivity index (χ4v) is 2.03. The van der Waals surface area contributed by atoms with Crippen LogP contribution in [0.3, 0.4) is 0 Å². The van der Waals surface area contributed by atoms with Gasteiger partial charge in [-0.05, 0) is 32.6 Å². The lowest BCUT2D eigenvalue weighted by molar-refractivity contribution is -0.385. The van der Waals surface area contributed by atoms with Crippen LogP contribution in [0.1, 0.15) is 26.7 Å². The van der Waals surface area contributed by atoms with E-state index >= 15 is 0 Å². The average molecular weight is 318 g/mol. The molecule has 0 bridgehead atoms. The molecule has 0 aromatic carbocycles. The maximum absolute atomic E-state index is 12.3. The topological polar surface area (TPSA) is 116 Å². The molecule has 3 N–H and O–H groups in total. The van der Waals surface area contributed by atoms with Crippen molar-refractivity contribution < 1.29 is 9.72 Å². The van der Waals surface area contributed by atoms with Gasteiger partial charge in [0.2, 0.25) is 5.91 Å². The lowest BCUT2D eigenvalue weighted by atomic mass is 10.0. The van der Waals surface area contributed by atoms with Gasteiger partial charge in [0.1, 0.15) is 17.9 Å². The first-order chi connectivity index (χ1) is 9.36. The summed E-state index contributed by atoms with van der Waals surface area (Å²) in [6.07, 6.45) is 4.55. The Morgan fingerprint density at radius 1 is 1.67 bits per heavy atom. The molecule has 1 amide bonds. The monoisotopic (exact) mass is 317 g/mol. The van der Waals surface area contributed by atoms with Crippen molar-refractivity contribution in [2.75, 3.05) is 6.54 Å². The predicted octanol–water partition coefficient (Wildman–Crippen LogP) is 0.802. The zero-order valence-electron chi connectivity index (χ0n) is 12.0. The maximum atomic E-state index is 12.3. The van der Waals surface area contributed by atoms with Crippen molar-refractivity contribution in [2.45, 2.75) is 38.3 Å². The van der Waals surface area contributed by atoms with E-state index in [1.807, 2.05) is 0 Å². The summed E-state index contributed by atoms with van der Waals surface area (Å²) in [6.45, 7) is 3.73. The molecule has 9 heteroatoms. The Bertz CT molecular complexity index is 527. The number of aromatic nitrogens is 2. The standard InChI is InChI=1S/C12H19N5O3.ClH/c1-12(2,16-7-9(6-14-16)17(19)20)11(18)15-10(5-13)8-3-4-8;/h6-8,10H,3-5,13H2,1-2H3,(H,15,18);1H. The fourth-order valence-electron chi connectivity index (χ4n) is 2.03. The molecule has 21 heavy (non-hydrogen) atoms. The third-order valence-corrected chi connectivity index (χ3v) is 3.67. The van der Waals surface area contributed by atoms with E-state index in [4.69, 9.17) is 5.73 Å². The van der Waals surface area contributed by atoms with Gasteiger partial charge in [-0.2, -0.15) is 5.10 Å². The molecule has 1 unspecified atom stereocenters. The van der Waals surface area contributed by atoms with Gasteiger partial charge in [0.05, 0.1) is 4.92 Å². The van der Waals surface area contributed by atoms with Crippen molar-refractivity contribution in [1.29, 1.82) is 0 Å². The van der Waals surface area contributed by atoms with Crippen LogP contribution in [-0.2, 0) is 10.3 Å². The summed E-state index contributed by atoms with van der Waals surface area (Å²) in [7, 11) is 0. The number of rotatable bonds is 6. The molecule has 1 atom stereocenters. The Morgan fingerprint density at radius 3 is 2.71 bits per heavy atom. The SMILES string of the molecule is CC(C)(C(=O)NC(CN)C1CC1)n1cc([N+](=O)[O-])cn1.Cl. The molecule has 1 saturated carbocycles. The van der Waals surface area contributed by atoms with E-state index < -0.39 is 10.5 Å². The third kappa shape index (κ3) is 3.70. The molecule has 1 heterocycles. The van der Waals surface area contributed by atoms with Gasteiger partial charge in [-0.25, -0.2) is 0 Å². The van der Waals surface area contributed by atoms with Crippen molar-refractivity contribution in [3.05, 3.63) is 22.5 Å². The lowest BCUT2D eigenvalue weighted by Crippen LogP contribution is -2.51. The maximum Gasteiger partial charge on any atom is 0.307 e. The van der Waals surface area contributed by atoms with Gasteiger partial charge in [-0.15, -0.1) is 12.4 Å². The van der Waals surface area contributed by atoms with Crippen LogP contribution < -0.4 is 11.1 Å². The Morgan fingerprint density at radius 2 is 2.29 bits per heavy atom. The number of carbonyl (C=O) groups excluding carboxylic acids is 1. The van der Waals surface area contributed by atoms with Gasteiger partial charge in [-0.1, -0.05) is 0 Å². The molecule has 0 spiro atoms. The van der Waals surface area contributed by atoms with E-state index in [0.29, 0.717) is 12.5 Å². The van der Waals surface area contributed by atoms with E-state index in [1.165, 1.54) is 10.9 Å². The molecule has 1 aromatic heterocycles. The number of carbonyl (C=O) groups is 1. The lowest BCUT2D eigenvalue weighted by Gasteiger charge is -2.27. The van der Waals surface area contributed by atoms with Crippen LogP contribution in [0.2, 0.25) is 0 Å². The molecular weight excluding hydrogens is 298 g/mol. The molecule has 2 rings (SSSR count). The van der Waals surface area contributed by atoms with Crippen molar-refractivity contribution >= 4 is 24.0 Å². The van der Waals surface area contributed by atoms with E-state index in [-0.39, 0.29) is 30.0 Å². The summed E-state index contributed by atoms with van der Waals surface area (Å²) in [5.74, 6) is 0.213. The van der Waals surface area contributed by atoms with Gasteiger partial charge in [0, 0.05) is 12.6 Å². The molecule has 8 nitrogen and oxygen atoms in total. The molecule has 1 aliphatic carbocycles. The number of amides is 1. The summed E-state index contributed by atoms with van der Waals surface area (Å²) in [4.78, 5) is 22.5. The van der Waals surface area contributed by atoms with Crippen molar-refractivity contribution in [2.24, 2.45) is 11.7 Å². The second-order valence-electron chi connectivity index (χ2n) is 5.61. The Labute approximate surface area is 128 Å². The molecular formula is C12H20ClN5O3. The average Bonchev–Trinajstić information content (AvgIpc) is 3.09. The second-order valence-corrected chi connectivity index (χ2v) is 5.61. The van der Waals surface area contributed by atoms with Crippen LogP contribution in [0.15, 0.2) is 12.4 Å². The first-order valence-corrected chi connectivity index (χ1v) is 6.57. The zero-order valence-corrected chi connectivity index (χ0v) is 12.8. The number of hydrogen-bond acceptors (Lipinski definition) is 5. The first-order valence-electron chi connectivity index (χ1n) is 6.57. The van der Waals surface area contributed by atoms with Gasteiger partial charge in [0.15, 0.2) is 0 Å². The van der Waals surface area contributed by atoms with E-state index in [0.717, 1.165) is 19.0 Å². The summed E-state index contributed by atoms with van der Waals surface area (Å²) in [5, 5.41) is 17.5. The summed E-state index contributed by atoms with van der Waals surface area (Å²) >= 11 is 0.